The van der Waals surface area contributed by atoms with E-state index in [1.165, 1.54) is 30.3 Å². The summed E-state index contributed by atoms with van der Waals surface area (Å²) in [7, 11) is 2.81. The average Bonchev–Trinajstić information content (AvgIpc) is 3.34. The van der Waals surface area contributed by atoms with Crippen molar-refractivity contribution in [3.8, 4) is 22.5 Å². The van der Waals surface area contributed by atoms with Crippen LogP contribution in [0.4, 0.5) is 28.9 Å². The van der Waals surface area contributed by atoms with Crippen LogP contribution in [0.5, 0.6) is 0 Å². The molecule has 2 aromatic heterocycles. The second-order valence-electron chi connectivity index (χ2n) is 8.38. The highest BCUT2D eigenvalue weighted by Gasteiger charge is 2.36. The van der Waals surface area contributed by atoms with Gasteiger partial charge in [-0.15, -0.1) is 0 Å². The summed E-state index contributed by atoms with van der Waals surface area (Å²) < 4.78 is 62.5. The zero-order valence-electron chi connectivity index (χ0n) is 20.5. The topological polar surface area (TPSA) is 108 Å². The summed E-state index contributed by atoms with van der Waals surface area (Å²) >= 11 is 0. The van der Waals surface area contributed by atoms with Crippen LogP contribution in [0.15, 0.2) is 60.9 Å². The molecule has 1 atom stereocenters. The first-order chi connectivity index (χ1) is 18.1. The fourth-order valence-corrected chi connectivity index (χ4v) is 3.95. The average molecular weight is 529 g/mol. The number of halogens is 4. The van der Waals surface area contributed by atoms with Gasteiger partial charge in [0.1, 0.15) is 17.6 Å². The molecular formula is C26H24F4N6O2. The van der Waals surface area contributed by atoms with E-state index in [2.05, 4.69) is 20.4 Å². The van der Waals surface area contributed by atoms with Crippen molar-refractivity contribution in [2.24, 2.45) is 12.8 Å². The zero-order valence-corrected chi connectivity index (χ0v) is 20.5. The van der Waals surface area contributed by atoms with Crippen LogP contribution in [0.25, 0.3) is 22.5 Å². The number of carbonyl (C=O) groups is 1. The lowest BCUT2D eigenvalue weighted by Crippen LogP contribution is -2.20. The van der Waals surface area contributed by atoms with E-state index in [-0.39, 0.29) is 41.4 Å². The molecule has 0 aliphatic carbocycles. The van der Waals surface area contributed by atoms with Gasteiger partial charge in [-0.05, 0) is 31.2 Å². The van der Waals surface area contributed by atoms with Gasteiger partial charge in [0.25, 0.3) is 0 Å². The number of alkyl halides is 3. The van der Waals surface area contributed by atoms with Crippen LogP contribution in [-0.4, -0.2) is 39.4 Å². The SMILES string of the molecule is COC(=O)C(CCN)c1ncc(Nc2cc(-c3ccn(C)n3)c(C(F)(F)F)cc2F)c(-c2ccccc2)n1. The van der Waals surface area contributed by atoms with Crippen molar-refractivity contribution in [1.29, 1.82) is 0 Å². The summed E-state index contributed by atoms with van der Waals surface area (Å²) in [5, 5.41) is 6.89. The third-order valence-electron chi connectivity index (χ3n) is 5.78. The normalized spacial score (nSPS) is 12.3. The maximum atomic E-state index is 15.1. The molecule has 0 amide bonds. The number of aryl methyl sites for hydroxylation is 1. The summed E-state index contributed by atoms with van der Waals surface area (Å²) in [6, 6.07) is 11.7. The lowest BCUT2D eigenvalue weighted by molar-refractivity contribution is -0.142. The monoisotopic (exact) mass is 528 g/mol. The number of esters is 1. The van der Waals surface area contributed by atoms with Crippen LogP contribution in [-0.2, 0) is 22.8 Å². The number of aromatic nitrogens is 4. The smallest absolute Gasteiger partial charge is 0.417 e. The van der Waals surface area contributed by atoms with Crippen LogP contribution in [0.3, 0.4) is 0 Å². The Morgan fingerprint density at radius 2 is 1.89 bits per heavy atom. The summed E-state index contributed by atoms with van der Waals surface area (Å²) in [6.07, 6.45) is -1.74. The molecule has 0 bridgehead atoms. The molecule has 0 aliphatic heterocycles. The van der Waals surface area contributed by atoms with Gasteiger partial charge < -0.3 is 15.8 Å². The molecule has 0 spiro atoms. The number of nitrogens with zero attached hydrogens (tertiary/aromatic N) is 4. The largest absolute Gasteiger partial charge is 0.468 e. The maximum Gasteiger partial charge on any atom is 0.417 e. The molecule has 8 nitrogen and oxygen atoms in total. The second kappa shape index (κ2) is 11.0. The zero-order chi connectivity index (χ0) is 27.4. The molecular weight excluding hydrogens is 504 g/mol. The van der Waals surface area contributed by atoms with Crippen LogP contribution in [0, 0.1) is 5.82 Å². The van der Waals surface area contributed by atoms with Crippen molar-refractivity contribution in [3.63, 3.8) is 0 Å². The quantitative estimate of drug-likeness (QED) is 0.243. The Balaban J connectivity index is 1.84. The molecule has 198 valence electrons. The molecule has 1 unspecified atom stereocenters. The predicted octanol–water partition coefficient (Wildman–Crippen LogP) is 5.05. The van der Waals surface area contributed by atoms with Gasteiger partial charge in [-0.2, -0.15) is 18.3 Å². The van der Waals surface area contributed by atoms with Crippen LogP contribution in [0.2, 0.25) is 0 Å². The van der Waals surface area contributed by atoms with E-state index >= 15 is 4.39 Å². The van der Waals surface area contributed by atoms with Crippen molar-refractivity contribution in [1.82, 2.24) is 19.7 Å². The lowest BCUT2D eigenvalue weighted by Gasteiger charge is -2.18. The molecule has 3 N–H and O–H groups in total. The Bertz CT molecular complexity index is 1440. The van der Waals surface area contributed by atoms with E-state index in [1.807, 2.05) is 0 Å². The van der Waals surface area contributed by atoms with E-state index in [0.29, 0.717) is 17.3 Å². The van der Waals surface area contributed by atoms with E-state index < -0.39 is 29.4 Å². The van der Waals surface area contributed by atoms with Gasteiger partial charge in [0.05, 0.1) is 41.6 Å². The third kappa shape index (κ3) is 5.65. The molecule has 0 aliphatic rings. The van der Waals surface area contributed by atoms with Crippen LogP contribution < -0.4 is 11.1 Å². The molecule has 0 saturated heterocycles. The predicted molar refractivity (Wildman–Crippen MR) is 133 cm³/mol. The van der Waals surface area contributed by atoms with Gasteiger partial charge in [-0.1, -0.05) is 30.3 Å². The number of methoxy groups -OCH3 is 1. The summed E-state index contributed by atoms with van der Waals surface area (Å²) in [5.41, 5.74) is 5.12. The highest BCUT2D eigenvalue weighted by Crippen LogP contribution is 2.40. The summed E-state index contributed by atoms with van der Waals surface area (Å²) in [4.78, 5) is 21.2. The number of anilines is 2. The molecule has 2 aromatic carbocycles. The standard InChI is InChI=1S/C26H24F4N6O2/c1-36-11-9-20(35-36)17-12-21(19(27)13-18(17)26(28,29)30)33-22-14-32-24(16(8-10-31)25(37)38-2)34-23(22)15-6-4-3-5-7-15/h3-7,9,11-14,16,33H,8,10,31H2,1-2H3. The number of hydrogen-bond acceptors (Lipinski definition) is 7. The van der Waals surface area contributed by atoms with Gasteiger partial charge in [-0.3, -0.25) is 9.48 Å². The maximum absolute atomic E-state index is 15.1. The van der Waals surface area contributed by atoms with Crippen LogP contribution >= 0.6 is 0 Å². The van der Waals surface area contributed by atoms with E-state index in [4.69, 9.17) is 10.5 Å². The van der Waals surface area contributed by atoms with Gasteiger partial charge in [0.2, 0.25) is 0 Å². The van der Waals surface area contributed by atoms with Crippen LogP contribution in [0.1, 0.15) is 23.7 Å². The summed E-state index contributed by atoms with van der Waals surface area (Å²) in [5.74, 6) is -2.38. The number of carbonyl (C=O) groups excluding carboxylic acids is 1. The fraction of sp³-hybridized carbons (Fsp3) is 0.231. The van der Waals surface area contributed by atoms with Crippen molar-refractivity contribution >= 4 is 17.3 Å². The molecule has 38 heavy (non-hydrogen) atoms. The Hall–Kier alpha value is -4.32. The minimum absolute atomic E-state index is 0.0282. The highest BCUT2D eigenvalue weighted by atomic mass is 19.4. The number of nitrogens with one attached hydrogen (secondary N) is 1. The molecule has 4 aromatic rings. The van der Waals surface area contributed by atoms with Gasteiger partial charge >= 0.3 is 12.1 Å². The molecule has 0 fully saturated rings. The number of nitrogens with two attached hydrogens (primary N) is 1. The first-order valence-corrected chi connectivity index (χ1v) is 11.5. The Morgan fingerprint density at radius 1 is 1.16 bits per heavy atom. The first kappa shape index (κ1) is 26.7. The molecule has 12 heteroatoms. The van der Waals surface area contributed by atoms with Crippen molar-refractivity contribution in [2.75, 3.05) is 19.0 Å². The van der Waals surface area contributed by atoms with Crippen molar-refractivity contribution in [2.45, 2.75) is 18.5 Å². The second-order valence-corrected chi connectivity index (χ2v) is 8.38. The molecule has 4 rings (SSSR count). The van der Waals surface area contributed by atoms with Gasteiger partial charge in [-0.25, -0.2) is 14.4 Å². The fourth-order valence-electron chi connectivity index (χ4n) is 3.95. The van der Waals surface area contributed by atoms with Crippen molar-refractivity contribution in [3.05, 3.63) is 78.1 Å². The minimum atomic E-state index is -4.81. The lowest BCUT2D eigenvalue weighted by atomic mass is 10.0. The first-order valence-electron chi connectivity index (χ1n) is 11.5. The number of ether oxygens (including phenoxy) is 1. The Morgan fingerprint density at radius 3 is 2.50 bits per heavy atom. The van der Waals surface area contributed by atoms with Gasteiger partial charge in [0, 0.05) is 24.4 Å². The minimum Gasteiger partial charge on any atom is -0.468 e. The number of rotatable bonds is 8. The third-order valence-corrected chi connectivity index (χ3v) is 5.78. The Kier molecular flexibility index (Phi) is 7.72. The summed E-state index contributed by atoms with van der Waals surface area (Å²) in [6.45, 7) is 0.177. The van der Waals surface area contributed by atoms with E-state index in [1.54, 1.807) is 37.4 Å². The van der Waals surface area contributed by atoms with Gasteiger partial charge in [0.15, 0.2) is 0 Å². The number of benzene rings is 2. The Labute approximate surface area is 215 Å². The van der Waals surface area contributed by atoms with Crippen molar-refractivity contribution < 1.29 is 27.1 Å². The molecule has 2 heterocycles. The molecule has 0 saturated carbocycles. The van der Waals surface area contributed by atoms with E-state index in [0.717, 1.165) is 6.07 Å². The van der Waals surface area contributed by atoms with E-state index in [9.17, 15) is 18.0 Å². The highest BCUT2D eigenvalue weighted by molar-refractivity contribution is 5.81. The molecule has 0 radical (unpaired) electrons. The number of hydrogen-bond donors (Lipinski definition) is 2.